The fourth-order valence-corrected chi connectivity index (χ4v) is 1.12. The quantitative estimate of drug-likeness (QED) is 0.766. The Bertz CT molecular complexity index is 281. The molecule has 0 unspecified atom stereocenters. The maximum absolute atomic E-state index is 4.49. The van der Waals surface area contributed by atoms with Gasteiger partial charge in [-0.05, 0) is 19.5 Å². The van der Waals surface area contributed by atoms with Crippen molar-refractivity contribution in [3.8, 4) is 0 Å². The summed E-state index contributed by atoms with van der Waals surface area (Å²) in [7, 11) is 1.93. The first-order chi connectivity index (χ1) is 6.15. The Balaban J connectivity index is 2.97. The molecule has 0 aliphatic heterocycles. The Morgan fingerprint density at radius 1 is 1.46 bits per heavy atom. The summed E-state index contributed by atoms with van der Waals surface area (Å²) in [6.07, 6.45) is 1.90. The van der Waals surface area contributed by atoms with Gasteiger partial charge in [-0.15, -0.1) is 0 Å². The predicted molar refractivity (Wildman–Crippen MR) is 53.6 cm³/mol. The number of hydrogen-bond donors (Lipinski definition) is 1. The van der Waals surface area contributed by atoms with Crippen LogP contribution < -0.4 is 5.32 Å². The highest BCUT2D eigenvalue weighted by Gasteiger charge is 2.05. The Morgan fingerprint density at radius 2 is 2.15 bits per heavy atom. The highest BCUT2D eigenvalue weighted by Crippen LogP contribution is 2.10. The van der Waals surface area contributed by atoms with Crippen LogP contribution in [0.4, 0.5) is 0 Å². The molecule has 0 saturated heterocycles. The molecule has 0 aromatic carbocycles. The van der Waals surface area contributed by atoms with Crippen LogP contribution in [0, 0.1) is 6.92 Å². The SMILES string of the molecule is CNCc1nc(C(C)C)ncc1C. The van der Waals surface area contributed by atoms with Crippen molar-refractivity contribution in [2.24, 2.45) is 0 Å². The summed E-state index contributed by atoms with van der Waals surface area (Å²) in [5, 5.41) is 3.10. The summed E-state index contributed by atoms with van der Waals surface area (Å²) in [5.41, 5.74) is 2.25. The number of aromatic nitrogens is 2. The van der Waals surface area contributed by atoms with Gasteiger partial charge in [0.2, 0.25) is 0 Å². The van der Waals surface area contributed by atoms with Crippen LogP contribution in [0.25, 0.3) is 0 Å². The summed E-state index contributed by atoms with van der Waals surface area (Å²) in [5.74, 6) is 1.33. The van der Waals surface area contributed by atoms with Gasteiger partial charge in [-0.1, -0.05) is 13.8 Å². The van der Waals surface area contributed by atoms with Crippen molar-refractivity contribution in [2.45, 2.75) is 33.2 Å². The van der Waals surface area contributed by atoms with Crippen molar-refractivity contribution in [3.05, 3.63) is 23.3 Å². The van der Waals surface area contributed by atoms with Crippen molar-refractivity contribution >= 4 is 0 Å². The lowest BCUT2D eigenvalue weighted by Gasteiger charge is -2.08. The van der Waals surface area contributed by atoms with Crippen LogP contribution in [0.1, 0.15) is 36.8 Å². The van der Waals surface area contributed by atoms with Crippen LogP contribution in [0.3, 0.4) is 0 Å². The molecule has 0 bridgehead atoms. The van der Waals surface area contributed by atoms with E-state index >= 15 is 0 Å². The standard InChI is InChI=1S/C10H17N3/c1-7(2)10-12-5-8(3)9(13-10)6-11-4/h5,7,11H,6H2,1-4H3. The molecule has 1 aromatic rings. The van der Waals surface area contributed by atoms with E-state index in [1.165, 1.54) is 0 Å². The van der Waals surface area contributed by atoms with Gasteiger partial charge < -0.3 is 5.32 Å². The monoisotopic (exact) mass is 179 g/mol. The fraction of sp³-hybridized carbons (Fsp3) is 0.600. The minimum atomic E-state index is 0.399. The third-order valence-corrected chi connectivity index (χ3v) is 1.96. The highest BCUT2D eigenvalue weighted by molar-refractivity contribution is 5.16. The van der Waals surface area contributed by atoms with Crippen molar-refractivity contribution in [2.75, 3.05) is 7.05 Å². The van der Waals surface area contributed by atoms with E-state index in [0.717, 1.165) is 23.6 Å². The van der Waals surface area contributed by atoms with Crippen molar-refractivity contribution in [1.29, 1.82) is 0 Å². The Morgan fingerprint density at radius 3 is 2.69 bits per heavy atom. The molecule has 0 aliphatic rings. The largest absolute Gasteiger partial charge is 0.314 e. The lowest BCUT2D eigenvalue weighted by Crippen LogP contribution is -2.11. The van der Waals surface area contributed by atoms with E-state index in [2.05, 4.69) is 29.1 Å². The van der Waals surface area contributed by atoms with Crippen LogP contribution in [-0.4, -0.2) is 17.0 Å². The van der Waals surface area contributed by atoms with Gasteiger partial charge in [-0.25, -0.2) is 9.97 Å². The van der Waals surface area contributed by atoms with Gasteiger partial charge >= 0.3 is 0 Å². The number of hydrogen-bond acceptors (Lipinski definition) is 3. The van der Waals surface area contributed by atoms with E-state index in [-0.39, 0.29) is 0 Å². The first-order valence-corrected chi connectivity index (χ1v) is 4.62. The van der Waals surface area contributed by atoms with Gasteiger partial charge in [-0.2, -0.15) is 0 Å². The van der Waals surface area contributed by atoms with Crippen LogP contribution in [-0.2, 0) is 6.54 Å². The zero-order chi connectivity index (χ0) is 9.84. The van der Waals surface area contributed by atoms with E-state index < -0.39 is 0 Å². The number of nitrogens with zero attached hydrogens (tertiary/aromatic N) is 2. The van der Waals surface area contributed by atoms with Crippen LogP contribution in [0.2, 0.25) is 0 Å². The highest BCUT2D eigenvalue weighted by atomic mass is 14.9. The average Bonchev–Trinajstić information content (AvgIpc) is 2.08. The summed E-state index contributed by atoms with van der Waals surface area (Å²) in [6, 6.07) is 0. The molecular weight excluding hydrogens is 162 g/mol. The molecule has 72 valence electrons. The maximum atomic E-state index is 4.49. The third-order valence-electron chi connectivity index (χ3n) is 1.96. The van der Waals surface area contributed by atoms with Crippen LogP contribution in [0.5, 0.6) is 0 Å². The molecule has 3 heteroatoms. The van der Waals surface area contributed by atoms with Gasteiger partial charge in [0.15, 0.2) is 0 Å². The van der Waals surface area contributed by atoms with Crippen LogP contribution >= 0.6 is 0 Å². The fourth-order valence-electron chi connectivity index (χ4n) is 1.12. The predicted octanol–water partition coefficient (Wildman–Crippen LogP) is 1.63. The average molecular weight is 179 g/mol. The summed E-state index contributed by atoms with van der Waals surface area (Å²) in [4.78, 5) is 8.77. The summed E-state index contributed by atoms with van der Waals surface area (Å²) in [6.45, 7) is 7.06. The molecule has 0 saturated carbocycles. The normalized spacial score (nSPS) is 10.8. The molecule has 1 aromatic heterocycles. The summed E-state index contributed by atoms with van der Waals surface area (Å²) < 4.78 is 0. The van der Waals surface area contributed by atoms with Gasteiger partial charge in [0.25, 0.3) is 0 Å². The molecular formula is C10H17N3. The molecule has 1 heterocycles. The minimum absolute atomic E-state index is 0.399. The first-order valence-electron chi connectivity index (χ1n) is 4.62. The first kappa shape index (κ1) is 10.1. The minimum Gasteiger partial charge on any atom is -0.314 e. The van der Waals surface area contributed by atoms with Crippen molar-refractivity contribution < 1.29 is 0 Å². The maximum Gasteiger partial charge on any atom is 0.131 e. The molecule has 0 atom stereocenters. The van der Waals surface area contributed by atoms with Gasteiger partial charge in [0.05, 0.1) is 5.69 Å². The number of aryl methyl sites for hydroxylation is 1. The summed E-state index contributed by atoms with van der Waals surface area (Å²) >= 11 is 0. The van der Waals surface area contributed by atoms with E-state index in [1.54, 1.807) is 0 Å². The van der Waals surface area contributed by atoms with E-state index in [4.69, 9.17) is 0 Å². The molecule has 1 rings (SSSR count). The van der Waals surface area contributed by atoms with Gasteiger partial charge in [0, 0.05) is 18.7 Å². The Hall–Kier alpha value is -0.960. The van der Waals surface area contributed by atoms with Crippen LogP contribution in [0.15, 0.2) is 6.20 Å². The zero-order valence-electron chi connectivity index (χ0n) is 8.76. The van der Waals surface area contributed by atoms with Crippen molar-refractivity contribution in [3.63, 3.8) is 0 Å². The molecule has 0 radical (unpaired) electrons. The van der Waals surface area contributed by atoms with E-state index in [1.807, 2.05) is 20.2 Å². The second-order valence-corrected chi connectivity index (χ2v) is 3.54. The third kappa shape index (κ3) is 2.49. The Labute approximate surface area is 79.6 Å². The van der Waals surface area contributed by atoms with E-state index in [9.17, 15) is 0 Å². The molecule has 0 amide bonds. The van der Waals surface area contributed by atoms with E-state index in [0.29, 0.717) is 5.92 Å². The Kier molecular flexibility index (Phi) is 3.37. The topological polar surface area (TPSA) is 37.8 Å². The smallest absolute Gasteiger partial charge is 0.131 e. The zero-order valence-corrected chi connectivity index (χ0v) is 8.76. The second kappa shape index (κ2) is 4.33. The van der Waals surface area contributed by atoms with Gasteiger partial charge in [0.1, 0.15) is 5.82 Å². The lowest BCUT2D eigenvalue weighted by molar-refractivity contribution is 0.720. The molecule has 3 nitrogen and oxygen atoms in total. The number of rotatable bonds is 3. The molecule has 13 heavy (non-hydrogen) atoms. The lowest BCUT2D eigenvalue weighted by atomic mass is 10.2. The molecule has 0 aliphatic carbocycles. The number of nitrogens with one attached hydrogen (secondary N) is 1. The molecule has 1 N–H and O–H groups in total. The van der Waals surface area contributed by atoms with Crippen molar-refractivity contribution in [1.82, 2.24) is 15.3 Å². The molecule has 0 fully saturated rings. The molecule has 0 spiro atoms. The second-order valence-electron chi connectivity index (χ2n) is 3.54. The van der Waals surface area contributed by atoms with Gasteiger partial charge in [-0.3, -0.25) is 0 Å².